The van der Waals surface area contributed by atoms with Crippen LogP contribution in [-0.4, -0.2) is 19.7 Å². The van der Waals surface area contributed by atoms with E-state index in [0.29, 0.717) is 6.04 Å². The van der Waals surface area contributed by atoms with Gasteiger partial charge in [0.05, 0.1) is 7.11 Å². The molecule has 1 unspecified atom stereocenters. The van der Waals surface area contributed by atoms with Gasteiger partial charge in [-0.05, 0) is 77.4 Å². The molecule has 112 valence electrons. The van der Waals surface area contributed by atoms with Crippen LogP contribution in [0.2, 0.25) is 0 Å². The van der Waals surface area contributed by atoms with E-state index < -0.39 is 0 Å². The summed E-state index contributed by atoms with van der Waals surface area (Å²) in [5, 5.41) is 3.59. The van der Waals surface area contributed by atoms with E-state index >= 15 is 0 Å². The SMILES string of the molecule is CCNC(Cc1ccc(I)cc1)Cc1ccc(OC)cc1. The molecule has 0 radical (unpaired) electrons. The zero-order chi connectivity index (χ0) is 15.1. The van der Waals surface area contributed by atoms with Crippen LogP contribution >= 0.6 is 22.6 Å². The molecule has 2 aromatic rings. The standard InChI is InChI=1S/C18H22INO/c1-3-20-17(12-14-4-8-16(19)9-5-14)13-15-6-10-18(21-2)11-7-15/h4-11,17,20H,3,12-13H2,1-2H3. The molecule has 2 aromatic carbocycles. The first-order valence-corrected chi connectivity index (χ1v) is 8.40. The van der Waals surface area contributed by atoms with Crippen molar-refractivity contribution in [3.05, 3.63) is 63.2 Å². The molecule has 0 aliphatic carbocycles. The van der Waals surface area contributed by atoms with Crippen LogP contribution in [0.4, 0.5) is 0 Å². The lowest BCUT2D eigenvalue weighted by Crippen LogP contribution is -2.33. The summed E-state index contributed by atoms with van der Waals surface area (Å²) < 4.78 is 6.50. The van der Waals surface area contributed by atoms with Gasteiger partial charge in [-0.3, -0.25) is 0 Å². The molecule has 0 heterocycles. The van der Waals surface area contributed by atoms with Crippen LogP contribution in [0.15, 0.2) is 48.5 Å². The third kappa shape index (κ3) is 5.32. The molecule has 0 fully saturated rings. The zero-order valence-electron chi connectivity index (χ0n) is 12.6. The van der Waals surface area contributed by atoms with Crippen LogP contribution in [0.3, 0.4) is 0 Å². The fourth-order valence-electron chi connectivity index (χ4n) is 2.46. The Morgan fingerprint density at radius 3 is 1.95 bits per heavy atom. The summed E-state index contributed by atoms with van der Waals surface area (Å²) in [5.74, 6) is 0.913. The first-order valence-electron chi connectivity index (χ1n) is 7.32. The molecule has 0 aromatic heterocycles. The van der Waals surface area contributed by atoms with Crippen molar-refractivity contribution in [3.8, 4) is 5.75 Å². The zero-order valence-corrected chi connectivity index (χ0v) is 14.8. The van der Waals surface area contributed by atoms with Crippen molar-refractivity contribution in [1.82, 2.24) is 5.32 Å². The van der Waals surface area contributed by atoms with Crippen LogP contribution in [-0.2, 0) is 12.8 Å². The van der Waals surface area contributed by atoms with E-state index in [1.54, 1.807) is 7.11 Å². The number of benzene rings is 2. The van der Waals surface area contributed by atoms with Gasteiger partial charge in [-0.1, -0.05) is 31.2 Å². The quantitative estimate of drug-likeness (QED) is 0.714. The number of methoxy groups -OCH3 is 1. The van der Waals surface area contributed by atoms with Crippen molar-refractivity contribution in [1.29, 1.82) is 0 Å². The van der Waals surface area contributed by atoms with Crippen molar-refractivity contribution in [3.63, 3.8) is 0 Å². The fraction of sp³-hybridized carbons (Fsp3) is 0.333. The molecule has 0 spiro atoms. The summed E-state index contributed by atoms with van der Waals surface area (Å²) in [5.41, 5.74) is 2.72. The number of halogens is 1. The number of rotatable bonds is 7. The number of ether oxygens (including phenoxy) is 1. The second-order valence-corrected chi connectivity index (χ2v) is 6.38. The first-order chi connectivity index (χ1) is 10.2. The van der Waals surface area contributed by atoms with Crippen molar-refractivity contribution < 1.29 is 4.74 Å². The van der Waals surface area contributed by atoms with Crippen molar-refractivity contribution >= 4 is 22.6 Å². The third-order valence-electron chi connectivity index (χ3n) is 3.53. The molecular formula is C18H22INO. The number of hydrogen-bond donors (Lipinski definition) is 1. The first kappa shape index (κ1) is 16.3. The van der Waals surface area contributed by atoms with Gasteiger partial charge < -0.3 is 10.1 Å². The van der Waals surface area contributed by atoms with Gasteiger partial charge in [0.15, 0.2) is 0 Å². The van der Waals surface area contributed by atoms with Gasteiger partial charge in [0.2, 0.25) is 0 Å². The number of hydrogen-bond acceptors (Lipinski definition) is 2. The Hall–Kier alpha value is -1.07. The van der Waals surface area contributed by atoms with E-state index in [9.17, 15) is 0 Å². The molecule has 0 saturated heterocycles. The third-order valence-corrected chi connectivity index (χ3v) is 4.25. The molecule has 1 atom stereocenters. The average Bonchev–Trinajstić information content (AvgIpc) is 2.50. The molecule has 1 N–H and O–H groups in total. The maximum absolute atomic E-state index is 5.21. The molecule has 2 nitrogen and oxygen atoms in total. The Labute approximate surface area is 141 Å². The van der Waals surface area contributed by atoms with E-state index in [2.05, 4.69) is 71.2 Å². The Bertz CT molecular complexity index is 536. The van der Waals surface area contributed by atoms with E-state index in [1.807, 2.05) is 12.1 Å². The van der Waals surface area contributed by atoms with Crippen LogP contribution < -0.4 is 10.1 Å². The van der Waals surface area contributed by atoms with E-state index in [4.69, 9.17) is 4.74 Å². The molecule has 0 aliphatic heterocycles. The maximum atomic E-state index is 5.21. The van der Waals surface area contributed by atoms with E-state index in [-0.39, 0.29) is 0 Å². The summed E-state index contributed by atoms with van der Waals surface area (Å²) in [6, 6.07) is 17.6. The van der Waals surface area contributed by atoms with Gasteiger partial charge in [0.1, 0.15) is 5.75 Å². The highest BCUT2D eigenvalue weighted by molar-refractivity contribution is 14.1. The van der Waals surface area contributed by atoms with Crippen LogP contribution in [0, 0.1) is 3.57 Å². The minimum atomic E-state index is 0.462. The second-order valence-electron chi connectivity index (χ2n) is 5.14. The predicted octanol–water partition coefficient (Wildman–Crippen LogP) is 4.06. The van der Waals surface area contributed by atoms with Crippen LogP contribution in [0.5, 0.6) is 5.75 Å². The maximum Gasteiger partial charge on any atom is 0.118 e. The number of likely N-dealkylation sites (N-methyl/N-ethyl adjacent to an activating group) is 1. The molecule has 0 aliphatic rings. The van der Waals surface area contributed by atoms with Gasteiger partial charge in [-0.2, -0.15) is 0 Å². The summed E-state index contributed by atoms with van der Waals surface area (Å²) in [7, 11) is 1.70. The van der Waals surface area contributed by atoms with E-state index in [1.165, 1.54) is 14.7 Å². The summed E-state index contributed by atoms with van der Waals surface area (Å²) in [6.07, 6.45) is 2.08. The highest BCUT2D eigenvalue weighted by Crippen LogP contribution is 2.15. The molecule has 0 saturated carbocycles. The summed E-state index contributed by atoms with van der Waals surface area (Å²) in [4.78, 5) is 0. The van der Waals surface area contributed by atoms with Gasteiger partial charge >= 0.3 is 0 Å². The lowest BCUT2D eigenvalue weighted by atomic mass is 9.99. The molecule has 2 rings (SSSR count). The largest absolute Gasteiger partial charge is 0.497 e. The molecule has 21 heavy (non-hydrogen) atoms. The lowest BCUT2D eigenvalue weighted by molar-refractivity contribution is 0.414. The fourth-order valence-corrected chi connectivity index (χ4v) is 2.82. The average molecular weight is 395 g/mol. The Kier molecular flexibility index (Phi) is 6.51. The topological polar surface area (TPSA) is 21.3 Å². The van der Waals surface area contributed by atoms with Gasteiger partial charge in [0.25, 0.3) is 0 Å². The van der Waals surface area contributed by atoms with Crippen molar-refractivity contribution in [2.75, 3.05) is 13.7 Å². The van der Waals surface area contributed by atoms with Gasteiger partial charge in [0, 0.05) is 9.61 Å². The highest BCUT2D eigenvalue weighted by Gasteiger charge is 2.09. The summed E-state index contributed by atoms with van der Waals surface area (Å²) in [6.45, 7) is 3.15. The minimum absolute atomic E-state index is 0.462. The lowest BCUT2D eigenvalue weighted by Gasteiger charge is -2.18. The monoisotopic (exact) mass is 395 g/mol. The smallest absolute Gasteiger partial charge is 0.118 e. The summed E-state index contributed by atoms with van der Waals surface area (Å²) >= 11 is 2.34. The Balaban J connectivity index is 2.02. The van der Waals surface area contributed by atoms with Gasteiger partial charge in [-0.15, -0.1) is 0 Å². The predicted molar refractivity (Wildman–Crippen MR) is 97.0 cm³/mol. The Morgan fingerprint density at radius 2 is 1.48 bits per heavy atom. The van der Waals surface area contributed by atoms with E-state index in [0.717, 1.165) is 25.1 Å². The highest BCUT2D eigenvalue weighted by atomic mass is 127. The van der Waals surface area contributed by atoms with Crippen LogP contribution in [0.1, 0.15) is 18.1 Å². The molecule has 3 heteroatoms. The van der Waals surface area contributed by atoms with Crippen molar-refractivity contribution in [2.24, 2.45) is 0 Å². The van der Waals surface area contributed by atoms with Gasteiger partial charge in [-0.25, -0.2) is 0 Å². The molecular weight excluding hydrogens is 373 g/mol. The Morgan fingerprint density at radius 1 is 0.952 bits per heavy atom. The second kappa shape index (κ2) is 8.39. The number of nitrogens with one attached hydrogen (secondary N) is 1. The molecule has 0 amide bonds. The van der Waals surface area contributed by atoms with Crippen LogP contribution in [0.25, 0.3) is 0 Å². The minimum Gasteiger partial charge on any atom is -0.497 e. The molecule has 0 bridgehead atoms. The normalized spacial score (nSPS) is 12.1. The van der Waals surface area contributed by atoms with Crippen molar-refractivity contribution in [2.45, 2.75) is 25.8 Å².